The summed E-state index contributed by atoms with van der Waals surface area (Å²) in [6.45, 7) is 5.80. The van der Waals surface area contributed by atoms with Gasteiger partial charge in [-0.3, -0.25) is 4.79 Å². The molecule has 0 amide bonds. The number of anilines is 1. The molecule has 1 unspecified atom stereocenters. The summed E-state index contributed by atoms with van der Waals surface area (Å²) in [4.78, 5) is 14.3. The van der Waals surface area contributed by atoms with Crippen molar-refractivity contribution in [3.8, 4) is 0 Å². The minimum atomic E-state index is -0.0422. The van der Waals surface area contributed by atoms with E-state index >= 15 is 0 Å². The highest BCUT2D eigenvalue weighted by molar-refractivity contribution is 9.10. The monoisotopic (exact) mass is 356 g/mol. The first kappa shape index (κ1) is 16.5. The molecule has 1 aromatic rings. The van der Waals surface area contributed by atoms with Crippen molar-refractivity contribution >= 4 is 21.6 Å². The van der Waals surface area contributed by atoms with Gasteiger partial charge in [-0.05, 0) is 47.0 Å². The van der Waals surface area contributed by atoms with Crippen LogP contribution in [0.5, 0.6) is 0 Å². The zero-order valence-electron chi connectivity index (χ0n) is 13.1. The average molecular weight is 357 g/mol. The molecule has 1 fully saturated rings. The summed E-state index contributed by atoms with van der Waals surface area (Å²) in [7, 11) is 1.97. The van der Waals surface area contributed by atoms with E-state index in [-0.39, 0.29) is 11.6 Å². The molecular formula is C15H25BrN4O. The topological polar surface area (TPSA) is 64.2 Å². The molecular weight excluding hydrogens is 332 g/mol. The standard InChI is InChI=1S/C15H25BrN4O/c1-10(2)12(17)6-7-19(3)13-8-18-20(9-11-4-5-11)15(21)14(13)16/h8,10-12H,4-7,9,17H2,1-3H3. The number of hydrogen-bond acceptors (Lipinski definition) is 4. The van der Waals surface area contributed by atoms with E-state index < -0.39 is 0 Å². The summed E-state index contributed by atoms with van der Waals surface area (Å²) in [6.07, 6.45) is 5.08. The lowest BCUT2D eigenvalue weighted by molar-refractivity contribution is 0.465. The van der Waals surface area contributed by atoms with Crippen molar-refractivity contribution in [3.63, 3.8) is 0 Å². The number of halogens is 1. The predicted molar refractivity (Wildman–Crippen MR) is 89.6 cm³/mol. The van der Waals surface area contributed by atoms with Crippen molar-refractivity contribution in [1.29, 1.82) is 0 Å². The molecule has 1 heterocycles. The minimum Gasteiger partial charge on any atom is -0.372 e. The van der Waals surface area contributed by atoms with Gasteiger partial charge < -0.3 is 10.6 Å². The van der Waals surface area contributed by atoms with Crippen LogP contribution in [0.2, 0.25) is 0 Å². The molecule has 1 aromatic heterocycles. The Morgan fingerprint density at radius 2 is 2.19 bits per heavy atom. The fourth-order valence-electron chi connectivity index (χ4n) is 2.19. The van der Waals surface area contributed by atoms with E-state index in [1.807, 2.05) is 11.9 Å². The van der Waals surface area contributed by atoms with Crippen molar-refractivity contribution in [2.75, 3.05) is 18.5 Å². The van der Waals surface area contributed by atoms with Crippen LogP contribution in [0.1, 0.15) is 33.1 Å². The first-order valence-electron chi connectivity index (χ1n) is 7.62. The molecule has 0 spiro atoms. The van der Waals surface area contributed by atoms with Crippen LogP contribution in [0.25, 0.3) is 0 Å². The smallest absolute Gasteiger partial charge is 0.283 e. The van der Waals surface area contributed by atoms with E-state index in [0.29, 0.717) is 16.3 Å². The molecule has 118 valence electrons. The van der Waals surface area contributed by atoms with E-state index in [1.54, 1.807) is 10.9 Å². The Hall–Kier alpha value is -0.880. The Bertz CT molecular complexity index is 539. The maximum atomic E-state index is 12.3. The zero-order chi connectivity index (χ0) is 15.6. The summed E-state index contributed by atoms with van der Waals surface area (Å²) >= 11 is 3.43. The molecule has 1 aliphatic carbocycles. The highest BCUT2D eigenvalue weighted by Gasteiger charge is 2.23. The molecule has 1 saturated carbocycles. The Balaban J connectivity index is 2.05. The molecule has 0 radical (unpaired) electrons. The van der Waals surface area contributed by atoms with Gasteiger partial charge in [-0.2, -0.15) is 5.10 Å². The van der Waals surface area contributed by atoms with Crippen LogP contribution in [0.4, 0.5) is 5.69 Å². The van der Waals surface area contributed by atoms with Crippen LogP contribution >= 0.6 is 15.9 Å². The average Bonchev–Trinajstić information content (AvgIpc) is 3.25. The predicted octanol–water partition coefficient (Wildman–Crippen LogP) is 2.23. The van der Waals surface area contributed by atoms with Crippen LogP contribution in [0.3, 0.4) is 0 Å². The van der Waals surface area contributed by atoms with Gasteiger partial charge >= 0.3 is 0 Å². The summed E-state index contributed by atoms with van der Waals surface area (Å²) in [5, 5.41) is 4.30. The van der Waals surface area contributed by atoms with Crippen LogP contribution in [0, 0.1) is 11.8 Å². The Morgan fingerprint density at radius 1 is 1.52 bits per heavy atom. The first-order chi connectivity index (χ1) is 9.90. The second-order valence-corrected chi connectivity index (χ2v) is 7.19. The van der Waals surface area contributed by atoms with Gasteiger partial charge in [0.25, 0.3) is 5.56 Å². The highest BCUT2D eigenvalue weighted by Crippen LogP contribution is 2.30. The maximum Gasteiger partial charge on any atom is 0.283 e. The number of rotatable bonds is 7. The fraction of sp³-hybridized carbons (Fsp3) is 0.733. The van der Waals surface area contributed by atoms with E-state index in [0.717, 1.165) is 25.2 Å². The van der Waals surface area contributed by atoms with Crippen molar-refractivity contribution in [3.05, 3.63) is 21.0 Å². The molecule has 1 aliphatic rings. The number of nitrogens with two attached hydrogens (primary N) is 1. The van der Waals surface area contributed by atoms with Gasteiger partial charge in [-0.25, -0.2) is 4.68 Å². The number of nitrogens with zero attached hydrogens (tertiary/aromatic N) is 3. The summed E-state index contributed by atoms with van der Waals surface area (Å²) in [5.74, 6) is 1.10. The molecule has 1 atom stereocenters. The number of aromatic nitrogens is 2. The second-order valence-electron chi connectivity index (χ2n) is 6.39. The van der Waals surface area contributed by atoms with Crippen LogP contribution in [-0.2, 0) is 6.54 Å². The van der Waals surface area contributed by atoms with Crippen LogP contribution < -0.4 is 16.2 Å². The lowest BCUT2D eigenvalue weighted by Gasteiger charge is -2.23. The Labute approximate surface area is 134 Å². The maximum absolute atomic E-state index is 12.3. The molecule has 0 aromatic carbocycles. The van der Waals surface area contributed by atoms with Gasteiger partial charge in [-0.1, -0.05) is 13.8 Å². The zero-order valence-corrected chi connectivity index (χ0v) is 14.6. The molecule has 0 saturated heterocycles. The van der Waals surface area contributed by atoms with Gasteiger partial charge in [0.15, 0.2) is 0 Å². The highest BCUT2D eigenvalue weighted by atomic mass is 79.9. The van der Waals surface area contributed by atoms with Crippen LogP contribution in [-0.4, -0.2) is 29.4 Å². The SMILES string of the molecule is CC(C)C(N)CCN(C)c1cnn(CC2CC2)c(=O)c1Br. The first-order valence-corrected chi connectivity index (χ1v) is 8.41. The lowest BCUT2D eigenvalue weighted by atomic mass is 10.0. The molecule has 6 heteroatoms. The second kappa shape index (κ2) is 6.92. The summed E-state index contributed by atoms with van der Waals surface area (Å²) < 4.78 is 2.16. The third-order valence-electron chi connectivity index (χ3n) is 4.16. The van der Waals surface area contributed by atoms with Crippen molar-refractivity contribution in [1.82, 2.24) is 9.78 Å². The third kappa shape index (κ3) is 4.30. The molecule has 2 rings (SSSR count). The van der Waals surface area contributed by atoms with E-state index in [2.05, 4.69) is 34.9 Å². The Kier molecular flexibility index (Phi) is 5.43. The van der Waals surface area contributed by atoms with Crippen LogP contribution in [0.15, 0.2) is 15.5 Å². The number of hydrogen-bond donors (Lipinski definition) is 1. The fourth-order valence-corrected chi connectivity index (χ4v) is 2.80. The molecule has 21 heavy (non-hydrogen) atoms. The molecule has 2 N–H and O–H groups in total. The molecule has 0 bridgehead atoms. The lowest BCUT2D eigenvalue weighted by Crippen LogP contribution is -2.33. The normalized spacial score (nSPS) is 16.3. The van der Waals surface area contributed by atoms with E-state index in [1.165, 1.54) is 12.8 Å². The molecule has 0 aliphatic heterocycles. The van der Waals surface area contributed by atoms with Gasteiger partial charge in [0, 0.05) is 26.2 Å². The van der Waals surface area contributed by atoms with Gasteiger partial charge in [0.05, 0.1) is 11.9 Å². The summed E-state index contributed by atoms with van der Waals surface area (Å²) in [6, 6.07) is 0.175. The van der Waals surface area contributed by atoms with Crippen molar-refractivity contribution < 1.29 is 0 Å². The minimum absolute atomic E-state index is 0.0422. The van der Waals surface area contributed by atoms with Crippen molar-refractivity contribution in [2.24, 2.45) is 17.6 Å². The third-order valence-corrected chi connectivity index (χ3v) is 4.91. The summed E-state index contributed by atoms with van der Waals surface area (Å²) in [5.41, 5.74) is 6.87. The van der Waals surface area contributed by atoms with E-state index in [4.69, 9.17) is 5.73 Å². The largest absolute Gasteiger partial charge is 0.372 e. The Morgan fingerprint density at radius 3 is 2.76 bits per heavy atom. The quantitative estimate of drug-likeness (QED) is 0.813. The van der Waals surface area contributed by atoms with Gasteiger partial charge in [0.2, 0.25) is 0 Å². The van der Waals surface area contributed by atoms with E-state index in [9.17, 15) is 4.79 Å². The molecule has 5 nitrogen and oxygen atoms in total. The van der Waals surface area contributed by atoms with Gasteiger partial charge in [-0.15, -0.1) is 0 Å². The van der Waals surface area contributed by atoms with Crippen molar-refractivity contribution in [2.45, 2.75) is 45.7 Å². The van der Waals surface area contributed by atoms with Gasteiger partial charge in [0.1, 0.15) is 4.47 Å².